The number of Topliss-reactive ketones (excluding diaryl/α,β-unsaturated/α-hetero) is 1. The maximum Gasteiger partial charge on any atom is 0.166 e. The smallest absolute Gasteiger partial charge is 0.166 e. The lowest BCUT2D eigenvalue weighted by Gasteiger charge is -2.19. The maximum absolute atomic E-state index is 12.1. The van der Waals surface area contributed by atoms with Crippen LogP contribution in [0, 0.1) is 0 Å². The zero-order valence-corrected chi connectivity index (χ0v) is 12.6. The van der Waals surface area contributed by atoms with Crippen LogP contribution in [-0.2, 0) is 9.53 Å². The predicted molar refractivity (Wildman–Crippen MR) is 75.0 cm³/mol. The van der Waals surface area contributed by atoms with Crippen LogP contribution in [0.15, 0.2) is 22.7 Å². The van der Waals surface area contributed by atoms with Crippen molar-refractivity contribution in [1.82, 2.24) is 0 Å². The van der Waals surface area contributed by atoms with Gasteiger partial charge in [0.15, 0.2) is 5.78 Å². The van der Waals surface area contributed by atoms with Gasteiger partial charge in [0.05, 0.1) is 7.11 Å². The first-order chi connectivity index (χ1) is 8.63. The zero-order valence-electron chi connectivity index (χ0n) is 11.0. The van der Waals surface area contributed by atoms with E-state index in [4.69, 9.17) is 9.47 Å². The molecule has 0 amide bonds. The van der Waals surface area contributed by atoms with E-state index in [2.05, 4.69) is 15.9 Å². The Bertz CT molecular complexity index is 404. The van der Waals surface area contributed by atoms with Gasteiger partial charge >= 0.3 is 0 Å². The van der Waals surface area contributed by atoms with Crippen molar-refractivity contribution in [2.45, 2.75) is 32.8 Å². The Kier molecular flexibility index (Phi) is 6.36. The minimum atomic E-state index is -0.539. The van der Waals surface area contributed by atoms with Crippen molar-refractivity contribution in [1.29, 1.82) is 0 Å². The Morgan fingerprint density at radius 2 is 2.11 bits per heavy atom. The zero-order chi connectivity index (χ0) is 13.5. The summed E-state index contributed by atoms with van der Waals surface area (Å²) in [5.41, 5.74) is 0.784. The van der Waals surface area contributed by atoms with E-state index in [9.17, 15) is 4.79 Å². The molecule has 1 unspecified atom stereocenters. The van der Waals surface area contributed by atoms with Gasteiger partial charge in [0.25, 0.3) is 0 Å². The molecule has 0 aliphatic carbocycles. The molecule has 18 heavy (non-hydrogen) atoms. The summed E-state index contributed by atoms with van der Waals surface area (Å²) < 4.78 is 11.8. The van der Waals surface area contributed by atoms with Gasteiger partial charge in [-0.25, -0.2) is 0 Å². The quantitative estimate of drug-likeness (QED) is 0.765. The topological polar surface area (TPSA) is 35.5 Å². The number of ether oxygens (including phenoxy) is 2. The maximum atomic E-state index is 12.1. The van der Waals surface area contributed by atoms with Crippen LogP contribution in [0.5, 0.6) is 5.75 Å². The molecule has 0 fully saturated rings. The lowest BCUT2D eigenvalue weighted by Crippen LogP contribution is -2.16. The van der Waals surface area contributed by atoms with Crippen molar-refractivity contribution in [2.24, 2.45) is 0 Å². The Morgan fingerprint density at radius 3 is 2.67 bits per heavy atom. The summed E-state index contributed by atoms with van der Waals surface area (Å²) in [7, 11) is 1.60. The monoisotopic (exact) mass is 314 g/mol. The average Bonchev–Trinajstić information content (AvgIpc) is 2.36. The highest BCUT2D eigenvalue weighted by Crippen LogP contribution is 2.32. The van der Waals surface area contributed by atoms with Gasteiger partial charge in [-0.1, -0.05) is 22.9 Å². The van der Waals surface area contributed by atoms with Crippen molar-refractivity contribution in [3.63, 3.8) is 0 Å². The number of methoxy groups -OCH3 is 1. The van der Waals surface area contributed by atoms with Gasteiger partial charge < -0.3 is 9.47 Å². The van der Waals surface area contributed by atoms with Crippen molar-refractivity contribution in [2.75, 3.05) is 13.7 Å². The van der Waals surface area contributed by atoms with E-state index in [0.717, 1.165) is 16.5 Å². The van der Waals surface area contributed by atoms with Gasteiger partial charge in [-0.2, -0.15) is 0 Å². The number of carbonyl (C=O) groups is 1. The molecule has 4 heteroatoms. The standard InChI is InChI=1S/C14H19BrO3/c1-4-6-12(16)14(18-5-2)11-9-10(15)7-8-13(11)17-3/h7-9,14H,4-6H2,1-3H3. The second-order valence-electron chi connectivity index (χ2n) is 3.94. The first-order valence-electron chi connectivity index (χ1n) is 6.11. The van der Waals surface area contributed by atoms with Crippen LogP contribution in [0.3, 0.4) is 0 Å². The Hall–Kier alpha value is -0.870. The number of hydrogen-bond donors (Lipinski definition) is 0. The Balaban J connectivity index is 3.11. The summed E-state index contributed by atoms with van der Waals surface area (Å²) in [4.78, 5) is 12.1. The van der Waals surface area contributed by atoms with E-state index in [1.54, 1.807) is 7.11 Å². The number of hydrogen-bond acceptors (Lipinski definition) is 3. The highest BCUT2D eigenvalue weighted by atomic mass is 79.9. The van der Waals surface area contributed by atoms with Crippen LogP contribution in [-0.4, -0.2) is 19.5 Å². The number of halogens is 1. The first kappa shape index (κ1) is 15.2. The number of rotatable bonds is 7. The van der Waals surface area contributed by atoms with Crippen LogP contribution < -0.4 is 4.74 Å². The fraction of sp³-hybridized carbons (Fsp3) is 0.500. The summed E-state index contributed by atoms with van der Waals surface area (Å²) in [5, 5.41) is 0. The third kappa shape index (κ3) is 3.82. The molecule has 0 N–H and O–H groups in total. The molecular formula is C14H19BrO3. The molecular weight excluding hydrogens is 296 g/mol. The second-order valence-corrected chi connectivity index (χ2v) is 4.85. The Labute approximate surface area is 117 Å². The minimum absolute atomic E-state index is 0.0933. The van der Waals surface area contributed by atoms with E-state index in [-0.39, 0.29) is 5.78 Å². The molecule has 0 saturated heterocycles. The average molecular weight is 315 g/mol. The van der Waals surface area contributed by atoms with Gasteiger partial charge in [-0.15, -0.1) is 0 Å². The van der Waals surface area contributed by atoms with Crippen LogP contribution in [0.4, 0.5) is 0 Å². The van der Waals surface area contributed by atoms with E-state index in [0.29, 0.717) is 18.8 Å². The van der Waals surface area contributed by atoms with Crippen molar-refractivity contribution >= 4 is 21.7 Å². The molecule has 0 aliphatic rings. The molecule has 3 nitrogen and oxygen atoms in total. The van der Waals surface area contributed by atoms with E-state index < -0.39 is 6.10 Å². The minimum Gasteiger partial charge on any atom is -0.496 e. The lowest BCUT2D eigenvalue weighted by atomic mass is 10.0. The summed E-state index contributed by atoms with van der Waals surface area (Å²) in [5.74, 6) is 0.775. The number of benzene rings is 1. The van der Waals surface area contributed by atoms with E-state index in [1.807, 2.05) is 32.0 Å². The molecule has 0 spiro atoms. The van der Waals surface area contributed by atoms with Gasteiger partial charge in [0.1, 0.15) is 11.9 Å². The van der Waals surface area contributed by atoms with Gasteiger partial charge in [0.2, 0.25) is 0 Å². The highest BCUT2D eigenvalue weighted by Gasteiger charge is 2.23. The molecule has 0 aromatic heterocycles. The highest BCUT2D eigenvalue weighted by molar-refractivity contribution is 9.10. The third-order valence-corrected chi connectivity index (χ3v) is 3.09. The largest absolute Gasteiger partial charge is 0.496 e. The third-order valence-electron chi connectivity index (χ3n) is 2.60. The van der Waals surface area contributed by atoms with Crippen LogP contribution in [0.2, 0.25) is 0 Å². The van der Waals surface area contributed by atoms with E-state index in [1.165, 1.54) is 0 Å². The first-order valence-corrected chi connectivity index (χ1v) is 6.91. The van der Waals surface area contributed by atoms with Gasteiger partial charge in [-0.3, -0.25) is 4.79 Å². The molecule has 0 heterocycles. The SMILES string of the molecule is CCCC(=O)C(OCC)c1cc(Br)ccc1OC. The van der Waals surface area contributed by atoms with Crippen LogP contribution in [0.1, 0.15) is 38.4 Å². The molecule has 1 aromatic carbocycles. The molecule has 100 valence electrons. The number of carbonyl (C=O) groups excluding carboxylic acids is 1. The fourth-order valence-electron chi connectivity index (χ4n) is 1.81. The van der Waals surface area contributed by atoms with E-state index >= 15 is 0 Å². The molecule has 0 aliphatic heterocycles. The summed E-state index contributed by atoms with van der Waals surface area (Å²) in [6, 6.07) is 5.60. The molecule has 1 aromatic rings. The van der Waals surface area contributed by atoms with Crippen molar-refractivity contribution in [3.8, 4) is 5.75 Å². The van der Waals surface area contributed by atoms with Gasteiger partial charge in [-0.05, 0) is 31.5 Å². The number of ketones is 1. The van der Waals surface area contributed by atoms with Crippen molar-refractivity contribution < 1.29 is 14.3 Å². The molecule has 1 atom stereocenters. The molecule has 0 bridgehead atoms. The van der Waals surface area contributed by atoms with Gasteiger partial charge in [0, 0.05) is 23.1 Å². The predicted octanol–water partition coefficient (Wildman–Crippen LogP) is 3.90. The second kappa shape index (κ2) is 7.54. The molecule has 0 radical (unpaired) electrons. The summed E-state index contributed by atoms with van der Waals surface area (Å²) in [6.07, 6.45) is 0.793. The summed E-state index contributed by atoms with van der Waals surface area (Å²) in [6.45, 7) is 4.37. The molecule has 0 saturated carbocycles. The van der Waals surface area contributed by atoms with Crippen LogP contribution in [0.25, 0.3) is 0 Å². The normalized spacial score (nSPS) is 12.2. The van der Waals surface area contributed by atoms with Crippen LogP contribution >= 0.6 is 15.9 Å². The lowest BCUT2D eigenvalue weighted by molar-refractivity contribution is -0.130. The Morgan fingerprint density at radius 1 is 1.39 bits per heavy atom. The van der Waals surface area contributed by atoms with Crippen molar-refractivity contribution in [3.05, 3.63) is 28.2 Å². The summed E-state index contributed by atoms with van der Waals surface area (Å²) >= 11 is 3.41. The fourth-order valence-corrected chi connectivity index (χ4v) is 2.19. The molecule has 1 rings (SSSR count).